The average molecular weight is 503 g/mol. The number of alkyl halides is 4. The van der Waals surface area contributed by atoms with Gasteiger partial charge in [0.1, 0.15) is 35.2 Å². The molecule has 3 rings (SSSR count). The van der Waals surface area contributed by atoms with Gasteiger partial charge < -0.3 is 14.8 Å². The van der Waals surface area contributed by atoms with Crippen molar-refractivity contribution >= 4 is 28.9 Å². The van der Waals surface area contributed by atoms with E-state index in [9.17, 15) is 32.5 Å². The molecule has 1 amide bonds. The molecule has 0 aliphatic heterocycles. The fourth-order valence-electron chi connectivity index (χ4n) is 2.88. The van der Waals surface area contributed by atoms with E-state index in [1.807, 2.05) is 0 Å². The number of halogens is 5. The normalized spacial score (nSPS) is 11.1. The number of rotatable bonds is 9. The van der Waals surface area contributed by atoms with Crippen molar-refractivity contribution in [2.45, 2.75) is 19.4 Å². The van der Waals surface area contributed by atoms with Crippen molar-refractivity contribution in [2.24, 2.45) is 0 Å². The quantitative estimate of drug-likeness (QED) is 0.226. The SMILES string of the molecule is COc1ccc(Oc2cc(NC(=O)Cn3nc(C(F)F)c(Cl)c3C(F)F)cc([N+](=O)[O-])c2)cc1. The maximum Gasteiger partial charge on any atom is 0.283 e. The van der Waals surface area contributed by atoms with E-state index >= 15 is 0 Å². The molecule has 0 aliphatic rings. The van der Waals surface area contributed by atoms with Gasteiger partial charge in [-0.05, 0) is 24.3 Å². The van der Waals surface area contributed by atoms with Gasteiger partial charge in [-0.25, -0.2) is 17.6 Å². The second kappa shape index (κ2) is 10.4. The van der Waals surface area contributed by atoms with Crippen LogP contribution in [0, 0.1) is 10.1 Å². The molecule has 0 spiro atoms. The fourth-order valence-corrected chi connectivity index (χ4v) is 3.18. The number of nitrogens with zero attached hydrogens (tertiary/aromatic N) is 3. The maximum absolute atomic E-state index is 13.3. The van der Waals surface area contributed by atoms with Crippen LogP contribution in [-0.4, -0.2) is 27.7 Å². The van der Waals surface area contributed by atoms with Crippen LogP contribution >= 0.6 is 11.6 Å². The minimum absolute atomic E-state index is 0.00921. The second-order valence-corrected chi connectivity index (χ2v) is 7.02. The lowest BCUT2D eigenvalue weighted by Crippen LogP contribution is -2.21. The molecule has 2 aromatic carbocycles. The molecule has 1 aromatic heterocycles. The smallest absolute Gasteiger partial charge is 0.283 e. The summed E-state index contributed by atoms with van der Waals surface area (Å²) in [5.74, 6) is -0.120. The number of hydrogen-bond acceptors (Lipinski definition) is 6. The average Bonchev–Trinajstić information content (AvgIpc) is 3.10. The lowest BCUT2D eigenvalue weighted by molar-refractivity contribution is -0.384. The van der Waals surface area contributed by atoms with Crippen LogP contribution in [0.4, 0.5) is 28.9 Å². The predicted octanol–water partition coefficient (Wildman–Crippen LogP) is 5.76. The number of nitrogens with one attached hydrogen (secondary N) is 1. The number of anilines is 1. The number of methoxy groups -OCH3 is 1. The molecule has 0 saturated carbocycles. The first-order chi connectivity index (χ1) is 16.1. The number of ether oxygens (including phenoxy) is 2. The van der Waals surface area contributed by atoms with Crippen LogP contribution in [0.1, 0.15) is 24.2 Å². The summed E-state index contributed by atoms with van der Waals surface area (Å²) in [6, 6.07) is 9.65. The predicted molar refractivity (Wildman–Crippen MR) is 112 cm³/mol. The van der Waals surface area contributed by atoms with Crippen LogP contribution in [0.5, 0.6) is 17.2 Å². The lowest BCUT2D eigenvalue weighted by Gasteiger charge is -2.11. The van der Waals surface area contributed by atoms with E-state index in [4.69, 9.17) is 21.1 Å². The molecule has 1 heterocycles. The van der Waals surface area contributed by atoms with Gasteiger partial charge >= 0.3 is 0 Å². The Morgan fingerprint density at radius 2 is 1.76 bits per heavy atom. The minimum atomic E-state index is -3.28. The molecule has 1 N–H and O–H groups in total. The zero-order chi connectivity index (χ0) is 25.0. The summed E-state index contributed by atoms with van der Waals surface area (Å²) in [6.45, 7) is -0.899. The first-order valence-electron chi connectivity index (χ1n) is 9.32. The van der Waals surface area contributed by atoms with Gasteiger partial charge in [-0.2, -0.15) is 5.10 Å². The summed E-state index contributed by atoms with van der Waals surface area (Å²) >= 11 is 5.56. The summed E-state index contributed by atoms with van der Waals surface area (Å²) in [6.07, 6.45) is -6.51. The zero-order valence-corrected chi connectivity index (χ0v) is 17.9. The third-order valence-corrected chi connectivity index (χ3v) is 4.73. The number of carbonyl (C=O) groups excluding carboxylic acids is 1. The Bertz CT molecular complexity index is 1200. The van der Waals surface area contributed by atoms with Crippen LogP contribution in [0.25, 0.3) is 0 Å². The molecular formula is C20H15ClF4N4O5. The first-order valence-corrected chi connectivity index (χ1v) is 9.70. The number of amides is 1. The number of nitro benzene ring substituents is 1. The standard InChI is InChI=1S/C20H15ClF4N4O5/c1-33-12-2-4-13(5-3-12)34-14-7-10(6-11(8-14)29(31)32)26-15(30)9-28-18(20(24)25)16(21)17(27-28)19(22)23/h2-8,19-20H,9H2,1H3,(H,26,30). The number of benzene rings is 2. The Morgan fingerprint density at radius 3 is 2.32 bits per heavy atom. The Balaban J connectivity index is 1.84. The van der Waals surface area contributed by atoms with Gasteiger partial charge in [-0.15, -0.1) is 0 Å². The molecular weight excluding hydrogens is 488 g/mol. The highest BCUT2D eigenvalue weighted by Gasteiger charge is 2.28. The van der Waals surface area contributed by atoms with Crippen LogP contribution < -0.4 is 14.8 Å². The molecule has 0 bridgehead atoms. The monoisotopic (exact) mass is 502 g/mol. The maximum atomic E-state index is 13.3. The van der Waals surface area contributed by atoms with Crippen LogP contribution in [0.3, 0.4) is 0 Å². The summed E-state index contributed by atoms with van der Waals surface area (Å²) in [5, 5.41) is 15.9. The van der Waals surface area contributed by atoms with Crippen molar-refractivity contribution in [3.8, 4) is 17.2 Å². The highest BCUT2D eigenvalue weighted by molar-refractivity contribution is 6.32. The van der Waals surface area contributed by atoms with Crippen molar-refractivity contribution in [2.75, 3.05) is 12.4 Å². The van der Waals surface area contributed by atoms with Gasteiger partial charge in [-0.3, -0.25) is 19.6 Å². The Labute approximate surface area is 194 Å². The highest BCUT2D eigenvalue weighted by atomic mass is 35.5. The first kappa shape index (κ1) is 24.8. The highest BCUT2D eigenvalue weighted by Crippen LogP contribution is 2.35. The third-order valence-electron chi connectivity index (χ3n) is 4.34. The second-order valence-electron chi connectivity index (χ2n) is 6.64. The molecule has 0 aliphatic carbocycles. The Morgan fingerprint density at radius 1 is 1.12 bits per heavy atom. The van der Waals surface area contributed by atoms with E-state index in [0.29, 0.717) is 16.2 Å². The van der Waals surface area contributed by atoms with E-state index in [-0.39, 0.29) is 11.4 Å². The summed E-state index contributed by atoms with van der Waals surface area (Å²) in [7, 11) is 1.47. The largest absolute Gasteiger partial charge is 0.497 e. The minimum Gasteiger partial charge on any atom is -0.497 e. The van der Waals surface area contributed by atoms with Crippen molar-refractivity contribution in [3.63, 3.8) is 0 Å². The molecule has 180 valence electrons. The van der Waals surface area contributed by atoms with Gasteiger partial charge in [0.25, 0.3) is 18.5 Å². The molecule has 14 heteroatoms. The van der Waals surface area contributed by atoms with E-state index in [1.165, 1.54) is 13.2 Å². The molecule has 3 aromatic rings. The van der Waals surface area contributed by atoms with Gasteiger partial charge in [0, 0.05) is 12.1 Å². The van der Waals surface area contributed by atoms with Crippen molar-refractivity contribution in [3.05, 3.63) is 69.0 Å². The van der Waals surface area contributed by atoms with E-state index in [0.717, 1.165) is 12.1 Å². The third kappa shape index (κ3) is 5.73. The molecule has 0 saturated heterocycles. The zero-order valence-electron chi connectivity index (χ0n) is 17.2. The van der Waals surface area contributed by atoms with Gasteiger partial charge in [0.15, 0.2) is 0 Å². The van der Waals surface area contributed by atoms with E-state index in [2.05, 4.69) is 10.4 Å². The van der Waals surface area contributed by atoms with Gasteiger partial charge in [-0.1, -0.05) is 11.6 Å². The number of hydrogen-bond donors (Lipinski definition) is 1. The Kier molecular flexibility index (Phi) is 7.56. The van der Waals surface area contributed by atoms with Crippen LogP contribution in [0.15, 0.2) is 42.5 Å². The summed E-state index contributed by atoms with van der Waals surface area (Å²) < 4.78 is 63.4. The number of nitro groups is 1. The van der Waals surface area contributed by atoms with Crippen LogP contribution in [-0.2, 0) is 11.3 Å². The summed E-state index contributed by atoms with van der Waals surface area (Å²) in [5.41, 5.74) is -2.67. The van der Waals surface area contributed by atoms with Crippen LogP contribution in [0.2, 0.25) is 5.02 Å². The number of aromatic nitrogens is 2. The van der Waals surface area contributed by atoms with Crippen molar-refractivity contribution < 1.29 is 36.8 Å². The molecule has 0 radical (unpaired) electrons. The number of carbonyl (C=O) groups is 1. The van der Waals surface area contributed by atoms with E-state index in [1.54, 1.807) is 24.3 Å². The van der Waals surface area contributed by atoms with Gasteiger partial charge in [0.05, 0.1) is 28.8 Å². The molecule has 0 atom stereocenters. The number of non-ortho nitro benzene ring substituents is 1. The van der Waals surface area contributed by atoms with Crippen molar-refractivity contribution in [1.82, 2.24) is 9.78 Å². The molecule has 34 heavy (non-hydrogen) atoms. The molecule has 0 unspecified atom stereocenters. The lowest BCUT2D eigenvalue weighted by atomic mass is 10.2. The van der Waals surface area contributed by atoms with Crippen molar-refractivity contribution in [1.29, 1.82) is 0 Å². The molecule has 0 fully saturated rings. The fraction of sp³-hybridized carbons (Fsp3) is 0.200. The Hall–Kier alpha value is -3.87. The molecule has 9 nitrogen and oxygen atoms in total. The van der Waals surface area contributed by atoms with Gasteiger partial charge in [0.2, 0.25) is 5.91 Å². The van der Waals surface area contributed by atoms with E-state index < -0.39 is 52.3 Å². The summed E-state index contributed by atoms with van der Waals surface area (Å²) in [4.78, 5) is 22.9. The topological polar surface area (TPSA) is 109 Å².